The van der Waals surface area contributed by atoms with Crippen molar-refractivity contribution in [2.75, 3.05) is 46.5 Å². The minimum absolute atomic E-state index is 0.314. The molecule has 3 rings (SSSR count). The van der Waals surface area contributed by atoms with Crippen LogP contribution in [0.25, 0.3) is 0 Å². The molecule has 0 radical (unpaired) electrons. The van der Waals surface area contributed by atoms with Gasteiger partial charge in [-0.1, -0.05) is 0 Å². The predicted molar refractivity (Wildman–Crippen MR) is 80.0 cm³/mol. The molecule has 2 aliphatic heterocycles. The highest BCUT2D eigenvalue weighted by molar-refractivity contribution is 4.91. The summed E-state index contributed by atoms with van der Waals surface area (Å²) in [5, 5.41) is 3.73. The van der Waals surface area contributed by atoms with Crippen LogP contribution in [0.1, 0.15) is 38.5 Å². The number of nitrogens with zero attached hydrogens (tertiary/aromatic N) is 1. The van der Waals surface area contributed by atoms with Crippen molar-refractivity contribution in [3.63, 3.8) is 0 Å². The molecule has 0 aromatic heterocycles. The van der Waals surface area contributed by atoms with E-state index < -0.39 is 0 Å². The van der Waals surface area contributed by atoms with E-state index in [0.29, 0.717) is 11.5 Å². The fourth-order valence-corrected chi connectivity index (χ4v) is 3.65. The molecule has 1 saturated carbocycles. The van der Waals surface area contributed by atoms with Gasteiger partial charge >= 0.3 is 0 Å². The lowest BCUT2D eigenvalue weighted by atomic mass is 9.81. The maximum atomic E-state index is 5.81. The monoisotopic (exact) mass is 282 g/mol. The third-order valence-corrected chi connectivity index (χ3v) is 4.89. The summed E-state index contributed by atoms with van der Waals surface area (Å²) >= 11 is 0. The third kappa shape index (κ3) is 4.17. The summed E-state index contributed by atoms with van der Waals surface area (Å²) in [6, 6.07) is 0.789. The van der Waals surface area contributed by atoms with Crippen LogP contribution >= 0.6 is 0 Å². The van der Waals surface area contributed by atoms with Crippen LogP contribution in [0.2, 0.25) is 0 Å². The second-order valence-corrected chi connectivity index (χ2v) is 7.14. The van der Waals surface area contributed by atoms with E-state index in [1.54, 1.807) is 0 Å². The van der Waals surface area contributed by atoms with Gasteiger partial charge in [0, 0.05) is 44.3 Å². The molecule has 1 aliphatic carbocycles. The van der Waals surface area contributed by atoms with Crippen molar-refractivity contribution in [2.45, 2.75) is 50.7 Å². The van der Waals surface area contributed by atoms with Gasteiger partial charge in [-0.2, -0.15) is 0 Å². The maximum Gasteiger partial charge on any atom is 0.0702 e. The van der Waals surface area contributed by atoms with Gasteiger partial charge in [0.1, 0.15) is 0 Å². The highest BCUT2D eigenvalue weighted by Gasteiger charge is 2.36. The molecule has 0 spiro atoms. The lowest BCUT2D eigenvalue weighted by Crippen LogP contribution is -2.49. The van der Waals surface area contributed by atoms with E-state index in [4.69, 9.17) is 9.47 Å². The molecular formula is C16H30N2O2. The summed E-state index contributed by atoms with van der Waals surface area (Å²) in [4.78, 5) is 2.47. The lowest BCUT2D eigenvalue weighted by molar-refractivity contribution is -0.0290. The highest BCUT2D eigenvalue weighted by atomic mass is 16.5. The third-order valence-electron chi connectivity index (χ3n) is 4.89. The minimum atomic E-state index is 0.314. The summed E-state index contributed by atoms with van der Waals surface area (Å²) in [5.74, 6) is 0. The largest absolute Gasteiger partial charge is 0.381 e. The summed E-state index contributed by atoms with van der Waals surface area (Å²) in [6.45, 7) is 6.14. The van der Waals surface area contributed by atoms with Crippen molar-refractivity contribution in [3.8, 4) is 0 Å². The predicted octanol–water partition coefficient (Wildman–Crippen LogP) is 1.65. The van der Waals surface area contributed by atoms with Crippen LogP contribution in [0.4, 0.5) is 0 Å². The molecule has 1 N–H and O–H groups in total. The number of ether oxygens (including phenoxy) is 2. The normalized spacial score (nSPS) is 34.8. The summed E-state index contributed by atoms with van der Waals surface area (Å²) < 4.78 is 11.6. The lowest BCUT2D eigenvalue weighted by Gasteiger charge is -2.40. The zero-order chi connectivity index (χ0) is 13.8. The van der Waals surface area contributed by atoms with E-state index >= 15 is 0 Å². The first-order chi connectivity index (χ1) is 9.76. The van der Waals surface area contributed by atoms with E-state index in [1.165, 1.54) is 38.5 Å². The first-order valence-electron chi connectivity index (χ1n) is 8.37. The minimum Gasteiger partial charge on any atom is -0.381 e. The van der Waals surface area contributed by atoms with Gasteiger partial charge in [0.15, 0.2) is 0 Å². The quantitative estimate of drug-likeness (QED) is 0.770. The Morgan fingerprint density at radius 1 is 1.20 bits per heavy atom. The van der Waals surface area contributed by atoms with E-state index in [0.717, 1.165) is 45.5 Å². The summed E-state index contributed by atoms with van der Waals surface area (Å²) in [6.07, 6.45) is 8.15. The van der Waals surface area contributed by atoms with Gasteiger partial charge in [0.25, 0.3) is 0 Å². The molecule has 3 fully saturated rings. The van der Waals surface area contributed by atoms with Crippen molar-refractivity contribution in [2.24, 2.45) is 5.41 Å². The van der Waals surface area contributed by atoms with Crippen LogP contribution in [-0.4, -0.2) is 63.5 Å². The van der Waals surface area contributed by atoms with E-state index in [1.807, 2.05) is 0 Å². The molecule has 2 unspecified atom stereocenters. The fraction of sp³-hybridized carbons (Fsp3) is 1.00. The second kappa shape index (κ2) is 6.73. The van der Waals surface area contributed by atoms with Gasteiger partial charge < -0.3 is 19.7 Å². The Morgan fingerprint density at radius 3 is 2.75 bits per heavy atom. The average Bonchev–Trinajstić information content (AvgIpc) is 3.15. The molecule has 4 nitrogen and oxygen atoms in total. The van der Waals surface area contributed by atoms with Crippen LogP contribution in [0.3, 0.4) is 0 Å². The van der Waals surface area contributed by atoms with E-state index in [2.05, 4.69) is 17.3 Å². The van der Waals surface area contributed by atoms with Gasteiger partial charge in [0.05, 0.1) is 12.7 Å². The topological polar surface area (TPSA) is 33.7 Å². The number of likely N-dealkylation sites (N-methyl/N-ethyl adjacent to an activating group) is 1. The van der Waals surface area contributed by atoms with Crippen molar-refractivity contribution in [1.29, 1.82) is 0 Å². The molecule has 116 valence electrons. The number of nitrogens with one attached hydrogen (secondary N) is 1. The summed E-state index contributed by atoms with van der Waals surface area (Å²) in [5.41, 5.74) is 0.314. The SMILES string of the molecule is CN(CC1CCCO1)CC1(CNC2CC2)CCCOC1. The van der Waals surface area contributed by atoms with Gasteiger partial charge in [-0.25, -0.2) is 0 Å². The van der Waals surface area contributed by atoms with Gasteiger partial charge in [0.2, 0.25) is 0 Å². The smallest absolute Gasteiger partial charge is 0.0702 e. The zero-order valence-corrected chi connectivity index (χ0v) is 12.9. The molecule has 0 amide bonds. The Hall–Kier alpha value is -0.160. The number of rotatable bonds is 7. The van der Waals surface area contributed by atoms with Crippen molar-refractivity contribution < 1.29 is 9.47 Å². The fourth-order valence-electron chi connectivity index (χ4n) is 3.65. The maximum absolute atomic E-state index is 5.81. The standard InChI is InChI=1S/C16H30N2O2/c1-18(10-15-4-2-9-20-15)12-16(7-3-8-19-13-16)11-17-14-5-6-14/h14-15,17H,2-13H2,1H3. The number of hydrogen-bond acceptors (Lipinski definition) is 4. The number of hydrogen-bond donors (Lipinski definition) is 1. The van der Waals surface area contributed by atoms with Crippen LogP contribution in [0.5, 0.6) is 0 Å². The molecule has 0 aromatic carbocycles. The molecule has 4 heteroatoms. The molecule has 20 heavy (non-hydrogen) atoms. The Morgan fingerprint density at radius 2 is 2.10 bits per heavy atom. The summed E-state index contributed by atoms with van der Waals surface area (Å²) in [7, 11) is 2.25. The molecule has 0 aromatic rings. The van der Waals surface area contributed by atoms with Crippen molar-refractivity contribution in [1.82, 2.24) is 10.2 Å². The van der Waals surface area contributed by atoms with Crippen LogP contribution in [0, 0.1) is 5.41 Å². The zero-order valence-electron chi connectivity index (χ0n) is 12.9. The second-order valence-electron chi connectivity index (χ2n) is 7.14. The molecule has 0 bridgehead atoms. The van der Waals surface area contributed by atoms with Crippen molar-refractivity contribution in [3.05, 3.63) is 0 Å². The Labute approximate surface area is 123 Å². The van der Waals surface area contributed by atoms with E-state index in [-0.39, 0.29) is 0 Å². The van der Waals surface area contributed by atoms with Gasteiger partial charge in [-0.05, 0) is 45.6 Å². The van der Waals surface area contributed by atoms with E-state index in [9.17, 15) is 0 Å². The Balaban J connectivity index is 1.50. The van der Waals surface area contributed by atoms with Crippen molar-refractivity contribution >= 4 is 0 Å². The Bertz CT molecular complexity index is 295. The first-order valence-corrected chi connectivity index (χ1v) is 8.37. The van der Waals surface area contributed by atoms with Crippen LogP contribution in [-0.2, 0) is 9.47 Å². The molecule has 2 atom stereocenters. The highest BCUT2D eigenvalue weighted by Crippen LogP contribution is 2.31. The average molecular weight is 282 g/mol. The molecule has 2 saturated heterocycles. The van der Waals surface area contributed by atoms with Gasteiger partial charge in [-0.15, -0.1) is 0 Å². The molecular weight excluding hydrogens is 252 g/mol. The Kier molecular flexibility index (Phi) is 4.97. The molecule has 3 aliphatic rings. The van der Waals surface area contributed by atoms with Crippen LogP contribution in [0.15, 0.2) is 0 Å². The molecule has 2 heterocycles. The van der Waals surface area contributed by atoms with Crippen LogP contribution < -0.4 is 5.32 Å². The van der Waals surface area contributed by atoms with Gasteiger partial charge in [-0.3, -0.25) is 0 Å². The first kappa shape index (κ1) is 14.8.